The highest BCUT2D eigenvalue weighted by atomic mass is 32.2. The van der Waals surface area contributed by atoms with Gasteiger partial charge in [-0.3, -0.25) is 4.79 Å². The van der Waals surface area contributed by atoms with Gasteiger partial charge in [-0.2, -0.15) is 11.8 Å². The van der Waals surface area contributed by atoms with Crippen molar-refractivity contribution in [3.8, 4) is 0 Å². The molecule has 1 atom stereocenters. The minimum absolute atomic E-state index is 0.118. The Morgan fingerprint density at radius 3 is 2.29 bits per heavy atom. The normalized spacial score (nSPS) is 19.4. The Bertz CT molecular complexity index is 286. The summed E-state index contributed by atoms with van der Waals surface area (Å²) in [6, 6.07) is 0. The van der Waals surface area contributed by atoms with Crippen LogP contribution in [0.4, 0.5) is 0 Å². The van der Waals surface area contributed by atoms with Crippen molar-refractivity contribution >= 4 is 34.9 Å². The summed E-state index contributed by atoms with van der Waals surface area (Å²) in [5.74, 6) is 0.00107. The lowest BCUT2D eigenvalue weighted by atomic mass is 9.93. The second-order valence-electron chi connectivity index (χ2n) is 4.88. The molecule has 1 aliphatic rings. The van der Waals surface area contributed by atoms with Gasteiger partial charge >= 0.3 is 0 Å². The van der Waals surface area contributed by atoms with E-state index in [0.717, 1.165) is 25.9 Å². The molecule has 0 saturated carbocycles. The summed E-state index contributed by atoms with van der Waals surface area (Å²) in [6.45, 7) is 5.68. The number of amides is 1. The smallest absolute Gasteiger partial charge is 0.232 e. The van der Waals surface area contributed by atoms with Crippen molar-refractivity contribution in [2.75, 3.05) is 19.3 Å². The van der Waals surface area contributed by atoms with Crippen molar-refractivity contribution in [3.63, 3.8) is 0 Å². The zero-order valence-electron chi connectivity index (χ0n) is 10.8. The van der Waals surface area contributed by atoms with Gasteiger partial charge in [0.25, 0.3) is 0 Å². The topological polar surface area (TPSA) is 46.3 Å². The number of nitrogens with zero attached hydrogens (tertiary/aromatic N) is 1. The molecule has 0 bridgehead atoms. The number of hydrogen-bond acceptors (Lipinski definition) is 3. The Balaban J connectivity index is 2.61. The molecule has 5 heteroatoms. The van der Waals surface area contributed by atoms with Gasteiger partial charge in [0.05, 0.1) is 10.9 Å². The van der Waals surface area contributed by atoms with Crippen molar-refractivity contribution in [3.05, 3.63) is 0 Å². The third-order valence-corrected chi connectivity index (χ3v) is 4.72. The number of piperidine rings is 1. The summed E-state index contributed by atoms with van der Waals surface area (Å²) in [5, 5.41) is 0.696. The molecule has 0 radical (unpaired) electrons. The van der Waals surface area contributed by atoms with Gasteiger partial charge in [0.15, 0.2) is 0 Å². The maximum atomic E-state index is 12.3. The van der Waals surface area contributed by atoms with E-state index in [9.17, 15) is 4.79 Å². The van der Waals surface area contributed by atoms with E-state index in [1.807, 2.05) is 30.5 Å². The van der Waals surface area contributed by atoms with Gasteiger partial charge in [0, 0.05) is 18.3 Å². The molecule has 2 N–H and O–H groups in total. The van der Waals surface area contributed by atoms with Gasteiger partial charge in [-0.15, -0.1) is 0 Å². The standard InChI is InChI=1S/C12H22N2OS2/c1-8(2)10(11(13)16)12(15)14-6-4-9(17-3)5-7-14/h8-10H,4-7H2,1-3H3,(H2,13,16). The Morgan fingerprint density at radius 1 is 1.41 bits per heavy atom. The second kappa shape index (κ2) is 6.59. The van der Waals surface area contributed by atoms with E-state index in [2.05, 4.69) is 6.26 Å². The first-order valence-corrected chi connectivity index (χ1v) is 7.77. The zero-order valence-corrected chi connectivity index (χ0v) is 12.4. The first-order valence-electron chi connectivity index (χ1n) is 6.08. The lowest BCUT2D eigenvalue weighted by Crippen LogP contribution is -2.47. The molecule has 0 aromatic carbocycles. The number of nitrogens with two attached hydrogens (primary N) is 1. The number of carbonyl (C=O) groups is 1. The molecule has 0 aromatic heterocycles. The third kappa shape index (κ3) is 3.85. The minimum atomic E-state index is -0.296. The molecule has 1 rings (SSSR count). The second-order valence-corrected chi connectivity index (χ2v) is 6.49. The Hall–Kier alpha value is -0.290. The molecule has 0 aliphatic carbocycles. The highest BCUT2D eigenvalue weighted by Gasteiger charge is 2.31. The predicted molar refractivity (Wildman–Crippen MR) is 78.2 cm³/mol. The number of hydrogen-bond donors (Lipinski definition) is 1. The van der Waals surface area contributed by atoms with Crippen LogP contribution in [0.2, 0.25) is 0 Å². The Labute approximate surface area is 113 Å². The Kier molecular flexibility index (Phi) is 5.73. The van der Waals surface area contributed by atoms with Crippen LogP contribution in [0.25, 0.3) is 0 Å². The third-order valence-electron chi connectivity index (χ3n) is 3.33. The molecule has 1 heterocycles. The summed E-state index contributed by atoms with van der Waals surface area (Å²) in [5.41, 5.74) is 5.68. The van der Waals surface area contributed by atoms with Gasteiger partial charge in [0.1, 0.15) is 0 Å². The van der Waals surface area contributed by atoms with Crippen molar-refractivity contribution < 1.29 is 4.79 Å². The van der Waals surface area contributed by atoms with Crippen LogP contribution in [0.3, 0.4) is 0 Å². The summed E-state index contributed by atoms with van der Waals surface area (Å²) in [4.78, 5) is 14.6. The fourth-order valence-corrected chi connectivity index (χ4v) is 3.30. The van der Waals surface area contributed by atoms with Crippen LogP contribution < -0.4 is 5.73 Å². The van der Waals surface area contributed by atoms with Crippen LogP contribution in [0.5, 0.6) is 0 Å². The first-order chi connectivity index (χ1) is 7.97. The molecule has 98 valence electrons. The van der Waals surface area contributed by atoms with Crippen LogP contribution >= 0.6 is 24.0 Å². The van der Waals surface area contributed by atoms with Gasteiger partial charge in [-0.05, 0) is 25.0 Å². The molecule has 1 fully saturated rings. The first kappa shape index (κ1) is 14.8. The quantitative estimate of drug-likeness (QED) is 0.795. The van der Waals surface area contributed by atoms with E-state index < -0.39 is 0 Å². The van der Waals surface area contributed by atoms with Crippen molar-refractivity contribution in [2.24, 2.45) is 17.6 Å². The molecule has 1 aliphatic heterocycles. The average molecular weight is 274 g/mol. The molecule has 3 nitrogen and oxygen atoms in total. The average Bonchev–Trinajstić information content (AvgIpc) is 2.28. The monoisotopic (exact) mass is 274 g/mol. The SMILES string of the molecule is CSC1CCN(C(=O)C(C(N)=S)C(C)C)CC1. The van der Waals surface area contributed by atoms with Crippen LogP contribution in [0, 0.1) is 11.8 Å². The van der Waals surface area contributed by atoms with E-state index >= 15 is 0 Å². The van der Waals surface area contributed by atoms with Crippen molar-refractivity contribution in [1.29, 1.82) is 0 Å². The lowest BCUT2D eigenvalue weighted by Gasteiger charge is -2.34. The highest BCUT2D eigenvalue weighted by molar-refractivity contribution is 7.99. The zero-order chi connectivity index (χ0) is 13.0. The maximum Gasteiger partial charge on any atom is 0.232 e. The number of carbonyl (C=O) groups excluding carboxylic acids is 1. The highest BCUT2D eigenvalue weighted by Crippen LogP contribution is 2.23. The van der Waals surface area contributed by atoms with E-state index in [1.165, 1.54) is 0 Å². The number of rotatable bonds is 4. The number of likely N-dealkylation sites (tertiary alicyclic amines) is 1. The van der Waals surface area contributed by atoms with Crippen LogP contribution in [0.1, 0.15) is 26.7 Å². The van der Waals surface area contributed by atoms with E-state index in [-0.39, 0.29) is 17.7 Å². The summed E-state index contributed by atoms with van der Waals surface area (Å²) in [6.07, 6.45) is 4.29. The predicted octanol–water partition coefficient (Wildman–Crippen LogP) is 1.90. The molecule has 0 spiro atoms. The Morgan fingerprint density at radius 2 is 1.94 bits per heavy atom. The molecule has 1 amide bonds. The van der Waals surface area contributed by atoms with Crippen molar-refractivity contribution in [1.82, 2.24) is 4.90 Å². The molecule has 0 aromatic rings. The molecule has 1 unspecified atom stereocenters. The van der Waals surface area contributed by atoms with E-state index in [4.69, 9.17) is 18.0 Å². The minimum Gasteiger partial charge on any atom is -0.393 e. The van der Waals surface area contributed by atoms with Crippen LogP contribution in [-0.4, -0.2) is 40.4 Å². The van der Waals surface area contributed by atoms with E-state index in [1.54, 1.807) is 0 Å². The number of thiocarbonyl (C=S) groups is 1. The van der Waals surface area contributed by atoms with Crippen LogP contribution in [0.15, 0.2) is 0 Å². The summed E-state index contributed by atoms with van der Waals surface area (Å²) >= 11 is 6.90. The fraction of sp³-hybridized carbons (Fsp3) is 0.833. The van der Waals surface area contributed by atoms with Gasteiger partial charge in [-0.1, -0.05) is 26.1 Å². The molecule has 17 heavy (non-hydrogen) atoms. The van der Waals surface area contributed by atoms with Gasteiger partial charge in [-0.25, -0.2) is 0 Å². The largest absolute Gasteiger partial charge is 0.393 e. The molecule has 1 saturated heterocycles. The van der Waals surface area contributed by atoms with E-state index in [0.29, 0.717) is 10.2 Å². The molecular formula is C12H22N2OS2. The molecular weight excluding hydrogens is 252 g/mol. The summed E-state index contributed by atoms with van der Waals surface area (Å²) in [7, 11) is 0. The van der Waals surface area contributed by atoms with Gasteiger partial charge in [0.2, 0.25) is 5.91 Å². The van der Waals surface area contributed by atoms with Crippen LogP contribution in [-0.2, 0) is 4.79 Å². The fourth-order valence-electron chi connectivity index (χ4n) is 2.24. The maximum absolute atomic E-state index is 12.3. The lowest BCUT2D eigenvalue weighted by molar-refractivity contribution is -0.135. The number of thioether (sulfide) groups is 1. The summed E-state index contributed by atoms with van der Waals surface area (Å²) < 4.78 is 0. The van der Waals surface area contributed by atoms with Crippen molar-refractivity contribution in [2.45, 2.75) is 31.9 Å². The van der Waals surface area contributed by atoms with Gasteiger partial charge < -0.3 is 10.6 Å².